The van der Waals surface area contributed by atoms with Gasteiger partial charge >= 0.3 is 6.09 Å². The third-order valence-electron chi connectivity index (χ3n) is 4.55. The Morgan fingerprint density at radius 1 is 1.32 bits per heavy atom. The average Bonchev–Trinajstić information content (AvgIpc) is 3.10. The summed E-state index contributed by atoms with van der Waals surface area (Å²) in [6, 6.07) is 10.7. The summed E-state index contributed by atoms with van der Waals surface area (Å²) in [6.07, 6.45) is 2.13. The number of carbonyl (C=O) groups is 1. The van der Waals surface area contributed by atoms with E-state index in [1.54, 1.807) is 0 Å². The zero-order chi connectivity index (χ0) is 15.8. The van der Waals surface area contributed by atoms with E-state index in [1.165, 1.54) is 18.4 Å². The third kappa shape index (κ3) is 3.61. The number of amides is 1. The van der Waals surface area contributed by atoms with Gasteiger partial charge in [0, 0.05) is 25.0 Å². The first-order chi connectivity index (χ1) is 10.4. The molecule has 2 fully saturated rings. The van der Waals surface area contributed by atoms with E-state index < -0.39 is 5.60 Å². The molecule has 1 N–H and O–H groups in total. The number of likely N-dealkylation sites (tertiary alicyclic amines) is 1. The molecule has 4 heteroatoms. The zero-order valence-electron chi connectivity index (χ0n) is 13.8. The number of carbonyl (C=O) groups excluding carboxylic acids is 1. The normalized spacial score (nSPS) is 23.5. The molecular formula is C18H26N2O2. The minimum Gasteiger partial charge on any atom is -0.444 e. The number of nitrogens with zero attached hydrogens (tertiary/aromatic N) is 1. The number of hydrogen-bond acceptors (Lipinski definition) is 3. The Morgan fingerprint density at radius 2 is 2.00 bits per heavy atom. The third-order valence-corrected chi connectivity index (χ3v) is 4.55. The molecule has 1 spiro atoms. The van der Waals surface area contributed by atoms with Gasteiger partial charge < -0.3 is 10.1 Å². The molecular weight excluding hydrogens is 276 g/mol. The highest BCUT2D eigenvalue weighted by Crippen LogP contribution is 2.53. The predicted octanol–water partition coefficient (Wildman–Crippen LogP) is 3.18. The van der Waals surface area contributed by atoms with Crippen LogP contribution in [0.25, 0.3) is 0 Å². The number of rotatable bonds is 3. The average molecular weight is 302 g/mol. The molecule has 1 aromatic carbocycles. The molecule has 22 heavy (non-hydrogen) atoms. The summed E-state index contributed by atoms with van der Waals surface area (Å²) in [7, 11) is 0. The van der Waals surface area contributed by atoms with Crippen molar-refractivity contribution in [2.75, 3.05) is 13.1 Å². The maximum absolute atomic E-state index is 12.0. The summed E-state index contributed by atoms with van der Waals surface area (Å²) in [5, 5.41) is 3.10. The molecule has 1 amide bonds. The highest BCUT2D eigenvalue weighted by molar-refractivity contribution is 5.68. The fourth-order valence-corrected chi connectivity index (χ4v) is 3.35. The molecule has 120 valence electrons. The summed E-state index contributed by atoms with van der Waals surface area (Å²) < 4.78 is 5.41. The summed E-state index contributed by atoms with van der Waals surface area (Å²) in [6.45, 7) is 8.63. The fourth-order valence-electron chi connectivity index (χ4n) is 3.35. The van der Waals surface area contributed by atoms with Crippen LogP contribution in [-0.2, 0) is 11.3 Å². The van der Waals surface area contributed by atoms with E-state index in [0.29, 0.717) is 0 Å². The Bertz CT molecular complexity index is 532. The van der Waals surface area contributed by atoms with E-state index >= 15 is 0 Å². The summed E-state index contributed by atoms with van der Waals surface area (Å²) >= 11 is 0. The van der Waals surface area contributed by atoms with Crippen molar-refractivity contribution in [2.24, 2.45) is 5.41 Å². The van der Waals surface area contributed by atoms with Gasteiger partial charge in [-0.25, -0.2) is 4.79 Å². The number of hydrogen-bond donors (Lipinski definition) is 1. The molecule has 1 saturated carbocycles. The van der Waals surface area contributed by atoms with Crippen molar-refractivity contribution in [3.8, 4) is 0 Å². The van der Waals surface area contributed by atoms with Crippen LogP contribution in [0, 0.1) is 5.41 Å². The van der Waals surface area contributed by atoms with Crippen LogP contribution >= 0.6 is 0 Å². The highest BCUT2D eigenvalue weighted by atomic mass is 16.6. The number of nitrogens with one attached hydrogen (secondary N) is 1. The van der Waals surface area contributed by atoms with E-state index in [2.05, 4.69) is 34.5 Å². The largest absolute Gasteiger partial charge is 0.444 e. The van der Waals surface area contributed by atoms with Crippen LogP contribution in [0.2, 0.25) is 0 Å². The second kappa shape index (κ2) is 5.58. The van der Waals surface area contributed by atoms with Gasteiger partial charge in [-0.05, 0) is 39.2 Å². The van der Waals surface area contributed by atoms with E-state index in [0.717, 1.165) is 19.6 Å². The van der Waals surface area contributed by atoms with Gasteiger partial charge in [-0.15, -0.1) is 0 Å². The second-order valence-corrected chi connectivity index (χ2v) is 7.72. The van der Waals surface area contributed by atoms with Crippen molar-refractivity contribution in [1.29, 1.82) is 0 Å². The van der Waals surface area contributed by atoms with E-state index in [1.807, 2.05) is 26.8 Å². The van der Waals surface area contributed by atoms with Gasteiger partial charge in [-0.3, -0.25) is 4.90 Å². The Hall–Kier alpha value is -1.55. The van der Waals surface area contributed by atoms with Crippen molar-refractivity contribution in [1.82, 2.24) is 10.2 Å². The molecule has 3 rings (SSSR count). The minimum absolute atomic E-state index is 0.214. The van der Waals surface area contributed by atoms with Crippen molar-refractivity contribution >= 4 is 6.09 Å². The Labute approximate surface area is 132 Å². The first kappa shape index (κ1) is 15.3. The lowest BCUT2D eigenvalue weighted by Crippen LogP contribution is -2.44. The van der Waals surface area contributed by atoms with Crippen LogP contribution in [0.15, 0.2) is 30.3 Å². The van der Waals surface area contributed by atoms with Gasteiger partial charge in [0.2, 0.25) is 0 Å². The topological polar surface area (TPSA) is 41.6 Å². The van der Waals surface area contributed by atoms with Crippen LogP contribution in [0.4, 0.5) is 4.79 Å². The van der Waals surface area contributed by atoms with Crippen molar-refractivity contribution in [3.05, 3.63) is 35.9 Å². The molecule has 4 nitrogen and oxygen atoms in total. The lowest BCUT2D eigenvalue weighted by Gasteiger charge is -2.24. The Kier molecular flexibility index (Phi) is 3.89. The van der Waals surface area contributed by atoms with Crippen LogP contribution in [-0.4, -0.2) is 35.7 Å². The molecule has 1 atom stereocenters. The highest BCUT2D eigenvalue weighted by Gasteiger charge is 2.55. The molecule has 1 aliphatic carbocycles. The number of alkyl carbamates (subject to hydrolysis) is 1. The molecule has 1 saturated heterocycles. The quantitative estimate of drug-likeness (QED) is 0.932. The Morgan fingerprint density at radius 3 is 2.59 bits per heavy atom. The van der Waals surface area contributed by atoms with Crippen LogP contribution in [0.1, 0.15) is 39.2 Å². The van der Waals surface area contributed by atoms with Gasteiger partial charge in [0.1, 0.15) is 5.60 Å². The number of ether oxygens (including phenoxy) is 1. The number of benzene rings is 1. The van der Waals surface area contributed by atoms with Gasteiger partial charge in [0.25, 0.3) is 0 Å². The van der Waals surface area contributed by atoms with E-state index in [4.69, 9.17) is 4.74 Å². The van der Waals surface area contributed by atoms with Crippen LogP contribution in [0.3, 0.4) is 0 Å². The SMILES string of the molecule is CC(C)(C)OC(=O)NC1CN(Cc2ccccc2)CC12CC2. The monoisotopic (exact) mass is 302 g/mol. The van der Waals surface area contributed by atoms with Crippen molar-refractivity contribution in [3.63, 3.8) is 0 Å². The van der Waals surface area contributed by atoms with Crippen LogP contribution in [0.5, 0.6) is 0 Å². The van der Waals surface area contributed by atoms with Gasteiger partial charge in [-0.2, -0.15) is 0 Å². The molecule has 1 aromatic rings. The molecule has 0 bridgehead atoms. The zero-order valence-corrected chi connectivity index (χ0v) is 13.8. The maximum Gasteiger partial charge on any atom is 0.407 e. The molecule has 0 aromatic heterocycles. The van der Waals surface area contributed by atoms with Gasteiger partial charge in [0.05, 0.1) is 6.04 Å². The molecule has 2 aliphatic rings. The standard InChI is InChI=1S/C18H26N2O2/c1-17(2,3)22-16(21)19-15-12-20(13-18(15)9-10-18)11-14-7-5-4-6-8-14/h4-8,15H,9-13H2,1-3H3,(H,19,21). The van der Waals surface area contributed by atoms with E-state index in [9.17, 15) is 4.79 Å². The van der Waals surface area contributed by atoms with Gasteiger partial charge in [-0.1, -0.05) is 30.3 Å². The lowest BCUT2D eigenvalue weighted by molar-refractivity contribution is 0.0492. The van der Waals surface area contributed by atoms with Crippen LogP contribution < -0.4 is 5.32 Å². The smallest absolute Gasteiger partial charge is 0.407 e. The first-order valence-electron chi connectivity index (χ1n) is 8.12. The summed E-state index contributed by atoms with van der Waals surface area (Å²) in [5.41, 5.74) is 1.17. The molecule has 1 unspecified atom stereocenters. The minimum atomic E-state index is -0.441. The maximum atomic E-state index is 12.0. The molecule has 1 aliphatic heterocycles. The first-order valence-corrected chi connectivity index (χ1v) is 8.12. The van der Waals surface area contributed by atoms with Crippen molar-refractivity contribution in [2.45, 2.75) is 51.8 Å². The second-order valence-electron chi connectivity index (χ2n) is 7.72. The summed E-state index contributed by atoms with van der Waals surface area (Å²) in [4.78, 5) is 14.5. The fraction of sp³-hybridized carbons (Fsp3) is 0.611. The van der Waals surface area contributed by atoms with E-state index in [-0.39, 0.29) is 17.6 Å². The molecule has 0 radical (unpaired) electrons. The molecule has 1 heterocycles. The van der Waals surface area contributed by atoms with Gasteiger partial charge in [0.15, 0.2) is 0 Å². The lowest BCUT2D eigenvalue weighted by atomic mass is 10.0. The summed E-state index contributed by atoms with van der Waals surface area (Å²) in [5.74, 6) is 0. The van der Waals surface area contributed by atoms with Crippen molar-refractivity contribution < 1.29 is 9.53 Å². The Balaban J connectivity index is 1.58. The predicted molar refractivity (Wildman–Crippen MR) is 86.5 cm³/mol.